The molecule has 1 amide bonds. The molecule has 0 saturated carbocycles. The molecule has 1 aliphatic rings. The number of thiol groups is 1. The van der Waals surface area contributed by atoms with Gasteiger partial charge in [-0.15, -0.1) is 0 Å². The van der Waals surface area contributed by atoms with Crippen LogP contribution in [0.5, 0.6) is 0 Å². The molecule has 1 aliphatic heterocycles. The molecule has 1 unspecified atom stereocenters. The molecule has 0 spiro atoms. The average Bonchev–Trinajstić information content (AvgIpc) is 2.50. The molecule has 1 rings (SSSR count). The van der Waals surface area contributed by atoms with E-state index in [2.05, 4.69) is 12.6 Å². The minimum atomic E-state index is 0.0734. The third-order valence-corrected chi connectivity index (χ3v) is 2.30. The lowest BCUT2D eigenvalue weighted by Gasteiger charge is -2.13. The Balaban J connectivity index is 2.35. The van der Waals surface area contributed by atoms with E-state index in [-0.39, 0.29) is 18.3 Å². The summed E-state index contributed by atoms with van der Waals surface area (Å²) in [5.74, 6) is 0.640. The van der Waals surface area contributed by atoms with Crippen molar-refractivity contribution in [2.24, 2.45) is 5.92 Å². The van der Waals surface area contributed by atoms with Gasteiger partial charge >= 0.3 is 0 Å². The van der Waals surface area contributed by atoms with E-state index < -0.39 is 0 Å². The fraction of sp³-hybridized carbons (Fsp3) is 0.857. The normalized spacial score (nSPS) is 24.2. The molecule has 1 heterocycles. The summed E-state index contributed by atoms with van der Waals surface area (Å²) >= 11 is 3.90. The third kappa shape index (κ3) is 2.10. The third-order valence-electron chi connectivity index (χ3n) is 2.03. The highest BCUT2D eigenvalue weighted by Crippen LogP contribution is 2.15. The van der Waals surface area contributed by atoms with Crippen LogP contribution in [0.4, 0.5) is 0 Å². The Hall–Kier alpha value is -0.220. The zero-order chi connectivity index (χ0) is 8.27. The lowest BCUT2D eigenvalue weighted by Crippen LogP contribution is -2.29. The first-order chi connectivity index (χ1) is 5.27. The number of hydrogen-bond acceptors (Lipinski definition) is 3. The van der Waals surface area contributed by atoms with Gasteiger partial charge in [-0.05, 0) is 6.42 Å². The summed E-state index contributed by atoms with van der Waals surface area (Å²) in [6.45, 7) is 1.68. The zero-order valence-electron chi connectivity index (χ0n) is 6.36. The largest absolute Gasteiger partial charge is 0.396 e. The Morgan fingerprint density at radius 1 is 1.73 bits per heavy atom. The predicted octanol–water partition coefficient (Wildman–Crippen LogP) is -0.243. The quantitative estimate of drug-likeness (QED) is 0.569. The van der Waals surface area contributed by atoms with Crippen molar-refractivity contribution in [1.29, 1.82) is 0 Å². The molecule has 11 heavy (non-hydrogen) atoms. The van der Waals surface area contributed by atoms with Crippen molar-refractivity contribution in [2.45, 2.75) is 6.42 Å². The number of hydrogen-bond donors (Lipinski definition) is 2. The van der Waals surface area contributed by atoms with Crippen LogP contribution >= 0.6 is 12.6 Å². The number of likely N-dealkylation sites (tertiary alicyclic amines) is 1. The maximum absolute atomic E-state index is 11.0. The molecule has 0 aromatic carbocycles. The van der Waals surface area contributed by atoms with Gasteiger partial charge in [0.15, 0.2) is 0 Å². The summed E-state index contributed by atoms with van der Waals surface area (Å²) in [7, 11) is 0. The first kappa shape index (κ1) is 8.87. The van der Waals surface area contributed by atoms with E-state index in [1.807, 2.05) is 0 Å². The van der Waals surface area contributed by atoms with E-state index in [1.165, 1.54) is 0 Å². The van der Waals surface area contributed by atoms with E-state index in [0.29, 0.717) is 12.5 Å². The molecule has 4 heteroatoms. The zero-order valence-corrected chi connectivity index (χ0v) is 7.26. The number of aliphatic hydroxyl groups is 1. The molecule has 1 saturated heterocycles. The standard InChI is InChI=1S/C7H13NO2S/c9-4-6-1-2-8(3-6)7(10)5-11/h6,9,11H,1-5H2. The van der Waals surface area contributed by atoms with Crippen LogP contribution in [0.1, 0.15) is 6.42 Å². The second kappa shape index (κ2) is 3.97. The number of carbonyl (C=O) groups is 1. The molecule has 0 aliphatic carbocycles. The maximum atomic E-state index is 11.0. The van der Waals surface area contributed by atoms with Crippen molar-refractivity contribution >= 4 is 18.5 Å². The smallest absolute Gasteiger partial charge is 0.232 e. The highest BCUT2D eigenvalue weighted by atomic mass is 32.1. The van der Waals surface area contributed by atoms with E-state index in [1.54, 1.807) is 4.90 Å². The van der Waals surface area contributed by atoms with Crippen molar-refractivity contribution in [1.82, 2.24) is 4.90 Å². The minimum Gasteiger partial charge on any atom is -0.396 e. The van der Waals surface area contributed by atoms with Gasteiger partial charge in [-0.2, -0.15) is 12.6 Å². The van der Waals surface area contributed by atoms with Crippen molar-refractivity contribution in [3.63, 3.8) is 0 Å². The SMILES string of the molecule is O=C(CS)N1CCC(CO)C1. The highest BCUT2D eigenvalue weighted by Gasteiger charge is 2.24. The van der Waals surface area contributed by atoms with Gasteiger partial charge < -0.3 is 10.0 Å². The van der Waals surface area contributed by atoms with Crippen LogP contribution in [0.15, 0.2) is 0 Å². The first-order valence-corrected chi connectivity index (χ1v) is 4.40. The highest BCUT2D eigenvalue weighted by molar-refractivity contribution is 7.81. The summed E-state index contributed by atoms with van der Waals surface area (Å²) in [5, 5.41) is 8.78. The second-order valence-corrected chi connectivity index (χ2v) is 3.15. The second-order valence-electron chi connectivity index (χ2n) is 2.84. The molecule has 64 valence electrons. The van der Waals surface area contributed by atoms with Crippen LogP contribution < -0.4 is 0 Å². The molecular formula is C7H13NO2S. The number of aliphatic hydroxyl groups excluding tert-OH is 1. The molecule has 1 fully saturated rings. The number of carbonyl (C=O) groups excluding carboxylic acids is 1. The number of amides is 1. The fourth-order valence-corrected chi connectivity index (χ4v) is 1.51. The van der Waals surface area contributed by atoms with Crippen LogP contribution in [0.2, 0.25) is 0 Å². The Bertz CT molecular complexity index is 151. The van der Waals surface area contributed by atoms with Crippen LogP contribution in [0.3, 0.4) is 0 Å². The van der Waals surface area contributed by atoms with Gasteiger partial charge in [0.25, 0.3) is 0 Å². The van der Waals surface area contributed by atoms with Gasteiger partial charge in [0.2, 0.25) is 5.91 Å². The molecule has 3 nitrogen and oxygen atoms in total. The van der Waals surface area contributed by atoms with Gasteiger partial charge in [0.05, 0.1) is 5.75 Å². The predicted molar refractivity (Wildman–Crippen MR) is 45.6 cm³/mol. The molecule has 0 radical (unpaired) electrons. The van der Waals surface area contributed by atoms with E-state index in [4.69, 9.17) is 5.11 Å². The van der Waals surface area contributed by atoms with Gasteiger partial charge in [-0.3, -0.25) is 4.79 Å². The molecule has 0 aromatic rings. The number of nitrogens with zero attached hydrogens (tertiary/aromatic N) is 1. The summed E-state index contributed by atoms with van der Waals surface area (Å²) in [4.78, 5) is 12.8. The first-order valence-electron chi connectivity index (χ1n) is 3.77. The molecule has 1 N–H and O–H groups in total. The topological polar surface area (TPSA) is 40.5 Å². The monoisotopic (exact) mass is 175 g/mol. The Kier molecular flexibility index (Phi) is 3.20. The summed E-state index contributed by atoms with van der Waals surface area (Å²) in [6, 6.07) is 0. The van der Waals surface area contributed by atoms with Crippen molar-refractivity contribution in [2.75, 3.05) is 25.4 Å². The molecule has 0 bridgehead atoms. The van der Waals surface area contributed by atoms with Crippen LogP contribution in [-0.4, -0.2) is 41.4 Å². The minimum absolute atomic E-state index is 0.0734. The average molecular weight is 175 g/mol. The van der Waals surface area contributed by atoms with Gasteiger partial charge in [0.1, 0.15) is 0 Å². The van der Waals surface area contributed by atoms with Crippen molar-refractivity contribution in [3.05, 3.63) is 0 Å². The van der Waals surface area contributed by atoms with Crippen molar-refractivity contribution in [3.8, 4) is 0 Å². The van der Waals surface area contributed by atoms with E-state index in [0.717, 1.165) is 13.0 Å². The summed E-state index contributed by atoms with van der Waals surface area (Å²) in [5.41, 5.74) is 0. The lowest BCUT2D eigenvalue weighted by molar-refractivity contribution is -0.127. The van der Waals surface area contributed by atoms with Crippen LogP contribution in [0.25, 0.3) is 0 Å². The Labute approximate surface area is 71.8 Å². The maximum Gasteiger partial charge on any atom is 0.232 e. The Morgan fingerprint density at radius 3 is 2.91 bits per heavy atom. The van der Waals surface area contributed by atoms with E-state index >= 15 is 0 Å². The van der Waals surface area contributed by atoms with Gasteiger partial charge in [-0.25, -0.2) is 0 Å². The molecular weight excluding hydrogens is 162 g/mol. The van der Waals surface area contributed by atoms with E-state index in [9.17, 15) is 4.79 Å². The van der Waals surface area contributed by atoms with Crippen molar-refractivity contribution < 1.29 is 9.90 Å². The fourth-order valence-electron chi connectivity index (χ4n) is 1.31. The Morgan fingerprint density at radius 2 is 2.45 bits per heavy atom. The summed E-state index contributed by atoms with van der Waals surface area (Å²) < 4.78 is 0. The van der Waals surface area contributed by atoms with Crippen LogP contribution in [-0.2, 0) is 4.79 Å². The van der Waals surface area contributed by atoms with Crippen LogP contribution in [0, 0.1) is 5.92 Å². The summed E-state index contributed by atoms with van der Waals surface area (Å²) in [6.07, 6.45) is 0.927. The number of rotatable bonds is 2. The van der Waals surface area contributed by atoms with Gasteiger partial charge in [0, 0.05) is 25.6 Å². The van der Waals surface area contributed by atoms with Gasteiger partial charge in [-0.1, -0.05) is 0 Å². The molecule has 1 atom stereocenters. The molecule has 0 aromatic heterocycles. The lowest BCUT2D eigenvalue weighted by atomic mass is 10.1.